The summed E-state index contributed by atoms with van der Waals surface area (Å²) in [6.07, 6.45) is 6.35. The molecule has 0 radical (unpaired) electrons. The minimum Gasteiger partial charge on any atom is -0.371 e. The fourth-order valence-electron chi connectivity index (χ4n) is 1.55. The fraction of sp³-hybridized carbons (Fsp3) is 0.800. The first-order valence-electron chi connectivity index (χ1n) is 4.81. The van der Waals surface area contributed by atoms with E-state index in [1.807, 2.05) is 0 Å². The van der Waals surface area contributed by atoms with Crippen molar-refractivity contribution in [2.75, 3.05) is 6.54 Å². The van der Waals surface area contributed by atoms with Gasteiger partial charge in [-0.25, -0.2) is 0 Å². The van der Waals surface area contributed by atoms with Crippen molar-refractivity contribution >= 4 is 0 Å². The Balaban J connectivity index is 2.43. The van der Waals surface area contributed by atoms with E-state index in [0.29, 0.717) is 18.8 Å². The molecule has 1 aliphatic rings. The van der Waals surface area contributed by atoms with Crippen LogP contribution in [0.4, 0.5) is 0 Å². The zero-order valence-electron chi connectivity index (χ0n) is 8.05. The zero-order valence-corrected chi connectivity index (χ0v) is 8.05. The van der Waals surface area contributed by atoms with Crippen molar-refractivity contribution < 1.29 is 4.74 Å². The average Bonchev–Trinajstić information content (AvgIpc) is 2.47. The van der Waals surface area contributed by atoms with Crippen LogP contribution in [0.1, 0.15) is 33.1 Å². The van der Waals surface area contributed by atoms with Gasteiger partial charge in [0.25, 0.3) is 0 Å². The second-order valence-electron chi connectivity index (χ2n) is 3.45. The van der Waals surface area contributed by atoms with Crippen LogP contribution in [0.5, 0.6) is 0 Å². The van der Waals surface area contributed by atoms with E-state index in [1.54, 1.807) is 0 Å². The van der Waals surface area contributed by atoms with Crippen molar-refractivity contribution in [3.63, 3.8) is 0 Å². The molecule has 70 valence electrons. The van der Waals surface area contributed by atoms with Gasteiger partial charge >= 0.3 is 0 Å². The molecule has 2 nitrogen and oxygen atoms in total. The predicted octanol–water partition coefficient (Wildman–Crippen LogP) is 1.85. The van der Waals surface area contributed by atoms with Gasteiger partial charge < -0.3 is 10.5 Å². The molecule has 0 saturated carbocycles. The minimum atomic E-state index is 0.332. The highest BCUT2D eigenvalue weighted by atomic mass is 16.5. The molecule has 1 aliphatic heterocycles. The van der Waals surface area contributed by atoms with Crippen LogP contribution in [-0.4, -0.2) is 18.8 Å². The van der Waals surface area contributed by atoms with E-state index in [2.05, 4.69) is 19.9 Å². The van der Waals surface area contributed by atoms with Crippen LogP contribution in [0.2, 0.25) is 0 Å². The molecule has 2 atom stereocenters. The highest BCUT2D eigenvalue weighted by Gasteiger charge is 2.19. The predicted molar refractivity (Wildman–Crippen MR) is 51.0 cm³/mol. The highest BCUT2D eigenvalue weighted by molar-refractivity contribution is 5.07. The standard InChI is InChI=1S/C10H19NO/c1-3-9(7-11)6-10-5-4-8(2)12-10/h6,8,10H,3-5,7,11H2,1-2H3. The topological polar surface area (TPSA) is 35.2 Å². The third-order valence-corrected chi connectivity index (χ3v) is 2.40. The lowest BCUT2D eigenvalue weighted by atomic mass is 10.1. The third-order valence-electron chi connectivity index (χ3n) is 2.40. The Kier molecular flexibility index (Phi) is 3.76. The molecule has 0 aromatic carbocycles. The largest absolute Gasteiger partial charge is 0.371 e. The molecule has 0 aromatic heterocycles. The first-order chi connectivity index (χ1) is 5.76. The normalized spacial score (nSPS) is 31.1. The van der Waals surface area contributed by atoms with Gasteiger partial charge in [0, 0.05) is 6.54 Å². The molecular weight excluding hydrogens is 150 g/mol. The molecule has 0 aliphatic carbocycles. The summed E-state index contributed by atoms with van der Waals surface area (Å²) in [5, 5.41) is 0. The van der Waals surface area contributed by atoms with E-state index >= 15 is 0 Å². The summed E-state index contributed by atoms with van der Waals surface area (Å²) in [5.41, 5.74) is 6.89. The summed E-state index contributed by atoms with van der Waals surface area (Å²) in [4.78, 5) is 0. The van der Waals surface area contributed by atoms with E-state index in [9.17, 15) is 0 Å². The lowest BCUT2D eigenvalue weighted by Crippen LogP contribution is -2.09. The van der Waals surface area contributed by atoms with Crippen LogP contribution in [0.15, 0.2) is 11.6 Å². The van der Waals surface area contributed by atoms with Crippen molar-refractivity contribution in [3.8, 4) is 0 Å². The Hall–Kier alpha value is -0.340. The minimum absolute atomic E-state index is 0.332. The first kappa shape index (κ1) is 9.75. The molecule has 1 heterocycles. The Labute approximate surface area is 74.8 Å². The maximum Gasteiger partial charge on any atom is 0.0763 e. The maximum absolute atomic E-state index is 5.66. The molecular formula is C10H19NO. The number of rotatable bonds is 3. The van der Waals surface area contributed by atoms with Crippen molar-refractivity contribution in [3.05, 3.63) is 11.6 Å². The van der Waals surface area contributed by atoms with Gasteiger partial charge in [-0.15, -0.1) is 0 Å². The molecule has 2 heteroatoms. The molecule has 1 fully saturated rings. The Morgan fingerprint density at radius 1 is 1.58 bits per heavy atom. The Morgan fingerprint density at radius 2 is 2.33 bits per heavy atom. The molecule has 0 bridgehead atoms. The highest BCUT2D eigenvalue weighted by Crippen LogP contribution is 2.21. The number of nitrogens with two attached hydrogens (primary N) is 1. The quantitative estimate of drug-likeness (QED) is 0.654. The Morgan fingerprint density at radius 3 is 2.75 bits per heavy atom. The van der Waals surface area contributed by atoms with Crippen molar-refractivity contribution in [1.29, 1.82) is 0 Å². The molecule has 2 N–H and O–H groups in total. The van der Waals surface area contributed by atoms with Gasteiger partial charge in [0.15, 0.2) is 0 Å². The van der Waals surface area contributed by atoms with Crippen LogP contribution in [0.3, 0.4) is 0 Å². The fourth-order valence-corrected chi connectivity index (χ4v) is 1.55. The average molecular weight is 169 g/mol. The SMILES string of the molecule is CCC(=CC1CCC(C)O1)CN. The monoisotopic (exact) mass is 169 g/mol. The van der Waals surface area contributed by atoms with Crippen molar-refractivity contribution in [2.45, 2.75) is 45.3 Å². The molecule has 1 saturated heterocycles. The molecule has 0 amide bonds. The first-order valence-corrected chi connectivity index (χ1v) is 4.81. The lowest BCUT2D eigenvalue weighted by Gasteiger charge is -2.08. The van der Waals surface area contributed by atoms with Crippen LogP contribution in [-0.2, 0) is 4.74 Å². The number of hydrogen-bond acceptors (Lipinski definition) is 2. The van der Waals surface area contributed by atoms with E-state index in [4.69, 9.17) is 10.5 Å². The zero-order chi connectivity index (χ0) is 8.97. The van der Waals surface area contributed by atoms with Crippen LogP contribution in [0, 0.1) is 0 Å². The van der Waals surface area contributed by atoms with E-state index in [-0.39, 0.29) is 0 Å². The van der Waals surface area contributed by atoms with Gasteiger partial charge in [-0.1, -0.05) is 18.6 Å². The van der Waals surface area contributed by atoms with E-state index < -0.39 is 0 Å². The summed E-state index contributed by atoms with van der Waals surface area (Å²) in [5.74, 6) is 0. The van der Waals surface area contributed by atoms with Crippen LogP contribution < -0.4 is 5.73 Å². The smallest absolute Gasteiger partial charge is 0.0763 e. The van der Waals surface area contributed by atoms with Gasteiger partial charge in [-0.05, 0) is 26.2 Å². The van der Waals surface area contributed by atoms with Gasteiger partial charge in [0.05, 0.1) is 12.2 Å². The van der Waals surface area contributed by atoms with Crippen LogP contribution in [0.25, 0.3) is 0 Å². The van der Waals surface area contributed by atoms with Gasteiger partial charge in [-0.2, -0.15) is 0 Å². The van der Waals surface area contributed by atoms with E-state index in [1.165, 1.54) is 12.0 Å². The third kappa shape index (κ3) is 2.61. The molecule has 0 spiro atoms. The summed E-state index contributed by atoms with van der Waals surface area (Å²) in [6.45, 7) is 4.93. The van der Waals surface area contributed by atoms with Crippen molar-refractivity contribution in [1.82, 2.24) is 0 Å². The van der Waals surface area contributed by atoms with Gasteiger partial charge in [0.1, 0.15) is 0 Å². The van der Waals surface area contributed by atoms with Crippen molar-refractivity contribution in [2.24, 2.45) is 5.73 Å². The molecule has 2 unspecified atom stereocenters. The van der Waals surface area contributed by atoms with Gasteiger partial charge in [0.2, 0.25) is 0 Å². The number of ether oxygens (including phenoxy) is 1. The lowest BCUT2D eigenvalue weighted by molar-refractivity contribution is 0.0828. The van der Waals surface area contributed by atoms with Crippen LogP contribution >= 0.6 is 0 Å². The van der Waals surface area contributed by atoms with E-state index in [0.717, 1.165) is 12.8 Å². The summed E-state index contributed by atoms with van der Waals surface area (Å²) < 4.78 is 5.66. The number of hydrogen-bond donors (Lipinski definition) is 1. The Bertz CT molecular complexity index is 159. The summed E-state index contributed by atoms with van der Waals surface area (Å²) >= 11 is 0. The van der Waals surface area contributed by atoms with Gasteiger partial charge in [-0.3, -0.25) is 0 Å². The molecule has 0 aromatic rings. The summed E-state index contributed by atoms with van der Waals surface area (Å²) in [6, 6.07) is 0. The second kappa shape index (κ2) is 4.63. The summed E-state index contributed by atoms with van der Waals surface area (Å²) in [7, 11) is 0. The maximum atomic E-state index is 5.66. The second-order valence-corrected chi connectivity index (χ2v) is 3.45. The molecule has 12 heavy (non-hydrogen) atoms. The molecule has 1 rings (SSSR count).